The van der Waals surface area contributed by atoms with Crippen LogP contribution in [0.15, 0.2) is 37.1 Å². The van der Waals surface area contributed by atoms with Gasteiger partial charge in [0.15, 0.2) is 18.1 Å². The second-order valence-corrected chi connectivity index (χ2v) is 11.6. The normalized spacial score (nSPS) is 15.0. The van der Waals surface area contributed by atoms with E-state index in [0.717, 1.165) is 6.42 Å². The fraction of sp³-hybridized carbons (Fsp3) is 0.591. The zero-order chi connectivity index (χ0) is 18.7. The minimum atomic E-state index is 0.115. The molecule has 0 amide bonds. The predicted molar refractivity (Wildman–Crippen MR) is 115 cm³/mol. The van der Waals surface area contributed by atoms with Crippen LogP contribution in [0.25, 0.3) is 6.20 Å². The number of rotatable bonds is 7. The van der Waals surface area contributed by atoms with Crippen molar-refractivity contribution in [1.29, 1.82) is 0 Å². The van der Waals surface area contributed by atoms with Gasteiger partial charge in [-0.15, -0.1) is 0 Å². The molecule has 0 saturated heterocycles. The molecule has 0 spiro atoms. The van der Waals surface area contributed by atoms with Crippen molar-refractivity contribution in [2.75, 3.05) is 0 Å². The molecule has 0 aliphatic heterocycles. The molecule has 2 atom stereocenters. The van der Waals surface area contributed by atoms with E-state index >= 15 is 0 Å². The van der Waals surface area contributed by atoms with E-state index in [0.29, 0.717) is 17.3 Å². The van der Waals surface area contributed by atoms with E-state index in [1.807, 2.05) is 6.20 Å². The lowest BCUT2D eigenvalue weighted by Gasteiger charge is -2.26. The van der Waals surface area contributed by atoms with Gasteiger partial charge in [-0.25, -0.2) is 0 Å². The summed E-state index contributed by atoms with van der Waals surface area (Å²) in [5.74, 6) is 1.01. The molecule has 0 aliphatic carbocycles. The maximum atomic E-state index is 4.30. The highest BCUT2D eigenvalue weighted by Crippen LogP contribution is 2.36. The first-order valence-electron chi connectivity index (χ1n) is 8.87. The average molecular weight is 440 g/mol. The van der Waals surface area contributed by atoms with E-state index in [9.17, 15) is 0 Å². The van der Waals surface area contributed by atoms with Crippen LogP contribution in [0.3, 0.4) is 0 Å². The van der Waals surface area contributed by atoms with Crippen molar-refractivity contribution in [1.82, 2.24) is 0 Å². The van der Waals surface area contributed by atoms with Crippen molar-refractivity contribution in [2.24, 2.45) is 11.3 Å². The van der Waals surface area contributed by atoms with Crippen LogP contribution in [-0.2, 0) is 3.42 Å². The summed E-state index contributed by atoms with van der Waals surface area (Å²) < 4.78 is 2.28. The zero-order valence-corrected chi connectivity index (χ0v) is 18.8. The molecule has 2 heteroatoms. The lowest BCUT2D eigenvalue weighted by molar-refractivity contribution is -0.578. The fourth-order valence-electron chi connectivity index (χ4n) is 3.45. The Kier molecular flexibility index (Phi) is 7.28. The molecule has 1 aromatic heterocycles. The third-order valence-corrected chi connectivity index (χ3v) is 5.07. The minimum Gasteiger partial charge on any atom is -0.171 e. The van der Waals surface area contributed by atoms with Gasteiger partial charge < -0.3 is 0 Å². The van der Waals surface area contributed by atoms with Crippen LogP contribution >= 0.6 is 22.6 Å². The summed E-state index contributed by atoms with van der Waals surface area (Å²) in [7, 11) is 0. The van der Waals surface area contributed by atoms with E-state index < -0.39 is 0 Å². The fourth-order valence-corrected chi connectivity index (χ4v) is 3.79. The number of halogens is 1. The molecule has 0 N–H and O–H groups in total. The minimum absolute atomic E-state index is 0.115. The SMILES string of the molecule is C=C[n+]1ccc(C(C)(C)I)cc1C(C[C@@H](C)CC(C)(C)C)C(=C)C. The smallest absolute Gasteiger partial charge is 0.171 e. The van der Waals surface area contributed by atoms with Crippen molar-refractivity contribution >= 4 is 28.8 Å². The van der Waals surface area contributed by atoms with Gasteiger partial charge in [-0.3, -0.25) is 0 Å². The van der Waals surface area contributed by atoms with Gasteiger partial charge in [0.05, 0.1) is 5.92 Å². The molecule has 0 fully saturated rings. The van der Waals surface area contributed by atoms with Crippen LogP contribution < -0.4 is 4.57 Å². The summed E-state index contributed by atoms with van der Waals surface area (Å²) >= 11 is 2.51. The highest BCUT2D eigenvalue weighted by Gasteiger charge is 2.28. The van der Waals surface area contributed by atoms with Gasteiger partial charge >= 0.3 is 0 Å². The van der Waals surface area contributed by atoms with Crippen molar-refractivity contribution in [2.45, 2.75) is 70.6 Å². The zero-order valence-electron chi connectivity index (χ0n) is 16.6. The van der Waals surface area contributed by atoms with E-state index in [1.165, 1.54) is 23.3 Å². The van der Waals surface area contributed by atoms with E-state index in [4.69, 9.17) is 0 Å². The van der Waals surface area contributed by atoms with Crippen molar-refractivity contribution in [3.63, 3.8) is 0 Å². The molecule has 0 saturated carbocycles. The van der Waals surface area contributed by atoms with E-state index in [2.05, 4.69) is 107 Å². The number of pyridine rings is 1. The van der Waals surface area contributed by atoms with Gasteiger partial charge in [0.25, 0.3) is 0 Å². The second kappa shape index (κ2) is 8.16. The van der Waals surface area contributed by atoms with Crippen LogP contribution in [0.5, 0.6) is 0 Å². The standard InChI is InChI=1S/C22H35IN/c1-10-24-12-11-18(22(8,9)23)14-20(24)19(16(2)3)13-17(4)15-21(5,6)7/h10-12,14,17,19H,1-2,13,15H2,3-9H3/q+1/t17-,19?/m1/s1. The van der Waals surface area contributed by atoms with Gasteiger partial charge in [0, 0.05) is 15.6 Å². The molecule has 1 unspecified atom stereocenters. The lowest BCUT2D eigenvalue weighted by Crippen LogP contribution is -2.34. The maximum absolute atomic E-state index is 4.30. The third-order valence-electron chi connectivity index (χ3n) is 4.45. The molecule has 1 nitrogen and oxygen atoms in total. The van der Waals surface area contributed by atoms with Crippen LogP contribution in [0.1, 0.15) is 78.5 Å². The average Bonchev–Trinajstić information content (AvgIpc) is 2.41. The van der Waals surface area contributed by atoms with Crippen LogP contribution in [-0.4, -0.2) is 0 Å². The van der Waals surface area contributed by atoms with Crippen molar-refractivity contribution < 1.29 is 4.57 Å². The molecule has 0 aliphatic rings. The largest absolute Gasteiger partial charge is 0.194 e. The number of hydrogen-bond acceptors (Lipinski definition) is 0. The highest BCUT2D eigenvalue weighted by atomic mass is 127. The molecular weight excluding hydrogens is 405 g/mol. The number of nitrogens with zero attached hydrogens (tertiary/aromatic N) is 1. The Morgan fingerprint density at radius 2 is 1.88 bits per heavy atom. The molecule has 1 rings (SSSR count). The van der Waals surface area contributed by atoms with Crippen LogP contribution in [0, 0.1) is 11.3 Å². The molecule has 0 radical (unpaired) electrons. The van der Waals surface area contributed by atoms with Crippen molar-refractivity contribution in [3.05, 3.63) is 48.3 Å². The Morgan fingerprint density at radius 3 is 2.29 bits per heavy atom. The Labute approximate surface area is 163 Å². The summed E-state index contributed by atoms with van der Waals surface area (Å²) in [5.41, 5.74) is 4.25. The summed E-state index contributed by atoms with van der Waals surface area (Å²) in [5, 5.41) is 0. The summed E-state index contributed by atoms with van der Waals surface area (Å²) in [6.07, 6.45) is 6.40. The number of aromatic nitrogens is 1. The Balaban J connectivity index is 3.24. The summed E-state index contributed by atoms with van der Waals surface area (Å²) in [6, 6.07) is 4.54. The van der Waals surface area contributed by atoms with Crippen LogP contribution in [0.4, 0.5) is 0 Å². The molecule has 24 heavy (non-hydrogen) atoms. The Morgan fingerprint density at radius 1 is 1.29 bits per heavy atom. The molecule has 1 heterocycles. The quantitative estimate of drug-likeness (QED) is 0.189. The first-order chi connectivity index (χ1) is 10.8. The lowest BCUT2D eigenvalue weighted by atomic mass is 9.79. The predicted octanol–water partition coefficient (Wildman–Crippen LogP) is 6.87. The second-order valence-electron chi connectivity index (χ2n) is 8.91. The molecule has 0 aromatic carbocycles. The summed E-state index contributed by atoms with van der Waals surface area (Å²) in [4.78, 5) is 0. The maximum Gasteiger partial charge on any atom is 0.194 e. The Bertz CT molecular complexity index is 587. The molecular formula is C22H35IN+. The number of allylic oxidation sites excluding steroid dienone is 1. The number of hydrogen-bond donors (Lipinski definition) is 0. The third kappa shape index (κ3) is 6.34. The van der Waals surface area contributed by atoms with Gasteiger partial charge in [-0.2, -0.15) is 4.57 Å². The molecule has 134 valence electrons. The first kappa shape index (κ1) is 21.4. The highest BCUT2D eigenvalue weighted by molar-refractivity contribution is 14.1. The van der Waals surface area contributed by atoms with Crippen molar-refractivity contribution in [3.8, 4) is 0 Å². The summed E-state index contributed by atoms with van der Waals surface area (Å²) in [6.45, 7) is 24.3. The Hall–Kier alpha value is -0.640. The van der Waals surface area contributed by atoms with E-state index in [1.54, 1.807) is 0 Å². The topological polar surface area (TPSA) is 3.88 Å². The monoisotopic (exact) mass is 440 g/mol. The van der Waals surface area contributed by atoms with Gasteiger partial charge in [0.2, 0.25) is 0 Å². The van der Waals surface area contributed by atoms with Gasteiger partial charge in [-0.1, -0.05) is 62.4 Å². The first-order valence-corrected chi connectivity index (χ1v) is 9.95. The van der Waals surface area contributed by atoms with E-state index in [-0.39, 0.29) is 3.42 Å². The molecule has 0 bridgehead atoms. The number of alkyl halides is 1. The molecule has 1 aromatic rings. The van der Waals surface area contributed by atoms with Gasteiger partial charge in [0.1, 0.15) is 0 Å². The van der Waals surface area contributed by atoms with Gasteiger partial charge in [-0.05, 0) is 57.1 Å². The van der Waals surface area contributed by atoms with Crippen LogP contribution in [0.2, 0.25) is 0 Å².